The summed E-state index contributed by atoms with van der Waals surface area (Å²) in [5, 5.41) is 20.9. The van der Waals surface area contributed by atoms with Crippen molar-refractivity contribution in [2.75, 3.05) is 0 Å². The van der Waals surface area contributed by atoms with E-state index in [9.17, 15) is 10.5 Å². The van der Waals surface area contributed by atoms with E-state index in [1.165, 1.54) is 24.8 Å². The Bertz CT molecular complexity index is 3740. The molecule has 7 aromatic carbocycles. The third-order valence-electron chi connectivity index (χ3n) is 12.0. The molecular formula is C58H33N13. The standard InChI is InChI=1S/C58H33N13/c59-30-36-32-61-51(62-33-36)42-21-26-50(47(29-42)58-63-34-37(31-60)35-64-58)71-48-24-22-43(56-67-52(38-13-5-1-6-14-38)65-53(68-56)39-15-7-2-8-16-39)27-45(48)46-28-44(23-25-49(46)71)57-69-54(40-17-9-3-10-18-40)66-55(70-57)41-19-11-4-12-20-41/h1-29,32-35H. The van der Waals surface area contributed by atoms with Crippen molar-refractivity contribution in [2.45, 2.75) is 0 Å². The molecule has 5 aromatic heterocycles. The van der Waals surface area contributed by atoms with E-state index < -0.39 is 0 Å². The first-order valence-electron chi connectivity index (χ1n) is 22.5. The topological polar surface area (TPSA) is 181 Å². The fourth-order valence-corrected chi connectivity index (χ4v) is 8.55. The minimum atomic E-state index is 0.326. The maximum Gasteiger partial charge on any atom is 0.164 e. The van der Waals surface area contributed by atoms with Crippen molar-refractivity contribution in [2.24, 2.45) is 0 Å². The second-order valence-electron chi connectivity index (χ2n) is 16.4. The van der Waals surface area contributed by atoms with E-state index in [2.05, 4.69) is 60.9 Å². The number of rotatable bonds is 9. The molecule has 0 aliphatic rings. The van der Waals surface area contributed by atoms with Crippen LogP contribution in [0.3, 0.4) is 0 Å². The summed E-state index contributed by atoms with van der Waals surface area (Å²) in [5.41, 5.74) is 9.51. The largest absolute Gasteiger partial charge is 0.308 e. The minimum absolute atomic E-state index is 0.326. The smallest absolute Gasteiger partial charge is 0.164 e. The van der Waals surface area contributed by atoms with E-state index in [-0.39, 0.29) is 0 Å². The van der Waals surface area contributed by atoms with Crippen LogP contribution in [0.5, 0.6) is 0 Å². The summed E-state index contributed by atoms with van der Waals surface area (Å²) < 4.78 is 2.18. The SMILES string of the molecule is N#Cc1cnc(-c2ccc(-n3c4ccc(-c5nc(-c6ccccc6)nc(-c6ccccc6)n5)cc4c4cc(-c5nc(-c6ccccc6)nc(-c6ccccc6)n5)ccc43)c(-c3ncc(C#N)cn3)c2)nc1. The molecule has 12 aromatic rings. The zero-order chi connectivity index (χ0) is 47.7. The number of fused-ring (bicyclic) bond motifs is 3. The molecule has 0 spiro atoms. The van der Waals surface area contributed by atoms with Gasteiger partial charge in [-0.25, -0.2) is 49.8 Å². The first kappa shape index (κ1) is 41.9. The Morgan fingerprint density at radius 3 is 1.00 bits per heavy atom. The number of nitriles is 2. The summed E-state index contributed by atoms with van der Waals surface area (Å²) >= 11 is 0. The van der Waals surface area contributed by atoms with Crippen molar-refractivity contribution >= 4 is 21.8 Å². The van der Waals surface area contributed by atoms with Crippen LogP contribution < -0.4 is 0 Å². The van der Waals surface area contributed by atoms with Gasteiger partial charge in [0.15, 0.2) is 46.6 Å². The third-order valence-corrected chi connectivity index (χ3v) is 12.0. The van der Waals surface area contributed by atoms with Crippen LogP contribution in [0.15, 0.2) is 201 Å². The van der Waals surface area contributed by atoms with Crippen molar-refractivity contribution in [1.29, 1.82) is 10.5 Å². The molecular weight excluding hydrogens is 879 g/mol. The van der Waals surface area contributed by atoms with Crippen LogP contribution in [0.4, 0.5) is 0 Å². The predicted molar refractivity (Wildman–Crippen MR) is 272 cm³/mol. The van der Waals surface area contributed by atoms with Gasteiger partial charge in [0.05, 0.1) is 27.8 Å². The van der Waals surface area contributed by atoms with E-state index in [1.54, 1.807) is 0 Å². The zero-order valence-electron chi connectivity index (χ0n) is 37.4. The van der Waals surface area contributed by atoms with Crippen molar-refractivity contribution in [3.8, 4) is 109 Å². The van der Waals surface area contributed by atoms with Crippen LogP contribution >= 0.6 is 0 Å². The maximum atomic E-state index is 9.68. The van der Waals surface area contributed by atoms with E-state index in [1.807, 2.05) is 152 Å². The summed E-state index contributed by atoms with van der Waals surface area (Å²) in [5.74, 6) is 4.03. The molecule has 0 saturated heterocycles. The highest BCUT2D eigenvalue weighted by atomic mass is 15.0. The first-order chi connectivity index (χ1) is 35.1. The molecule has 71 heavy (non-hydrogen) atoms. The second-order valence-corrected chi connectivity index (χ2v) is 16.4. The molecule has 0 N–H and O–H groups in total. The Hall–Kier alpha value is -10.5. The zero-order valence-corrected chi connectivity index (χ0v) is 37.4. The predicted octanol–water partition coefficient (Wildman–Crippen LogP) is 11.8. The molecule has 5 heterocycles. The molecule has 13 nitrogen and oxygen atoms in total. The minimum Gasteiger partial charge on any atom is -0.308 e. The highest BCUT2D eigenvalue weighted by Gasteiger charge is 2.22. The van der Waals surface area contributed by atoms with Gasteiger partial charge in [-0.05, 0) is 54.6 Å². The van der Waals surface area contributed by atoms with Gasteiger partial charge in [-0.1, -0.05) is 121 Å². The molecule has 0 aliphatic carbocycles. The Kier molecular flexibility index (Phi) is 10.6. The monoisotopic (exact) mass is 911 g/mol. The lowest BCUT2D eigenvalue weighted by molar-refractivity contribution is 1.07. The van der Waals surface area contributed by atoms with Crippen molar-refractivity contribution in [1.82, 2.24) is 54.4 Å². The lowest BCUT2D eigenvalue weighted by atomic mass is 10.1. The van der Waals surface area contributed by atoms with Crippen LogP contribution in [0.2, 0.25) is 0 Å². The molecule has 0 aliphatic heterocycles. The molecule has 0 unspecified atom stereocenters. The van der Waals surface area contributed by atoms with Gasteiger partial charge in [-0.15, -0.1) is 0 Å². The molecule has 330 valence electrons. The fraction of sp³-hybridized carbons (Fsp3) is 0. The Labute approximate surface area is 405 Å². The normalized spacial score (nSPS) is 11.1. The number of aromatic nitrogens is 11. The number of hydrogen-bond donors (Lipinski definition) is 0. The van der Waals surface area contributed by atoms with E-state index in [4.69, 9.17) is 29.9 Å². The van der Waals surface area contributed by atoms with Gasteiger partial charge in [0.2, 0.25) is 0 Å². The summed E-state index contributed by atoms with van der Waals surface area (Å²) in [7, 11) is 0. The number of hydrogen-bond acceptors (Lipinski definition) is 12. The quantitative estimate of drug-likeness (QED) is 0.134. The highest BCUT2D eigenvalue weighted by Crippen LogP contribution is 2.40. The number of nitrogens with zero attached hydrogens (tertiary/aromatic N) is 13. The van der Waals surface area contributed by atoms with Crippen LogP contribution in [0.25, 0.3) is 119 Å². The fourth-order valence-electron chi connectivity index (χ4n) is 8.55. The Balaban J connectivity index is 1.11. The maximum absolute atomic E-state index is 9.68. The van der Waals surface area contributed by atoms with Gasteiger partial charge in [0.25, 0.3) is 0 Å². The number of benzene rings is 7. The van der Waals surface area contributed by atoms with Crippen molar-refractivity contribution < 1.29 is 0 Å². The summed E-state index contributed by atoms with van der Waals surface area (Å²) in [6.07, 6.45) is 6.00. The van der Waals surface area contributed by atoms with Gasteiger partial charge in [-0.2, -0.15) is 10.5 Å². The molecule has 0 saturated carbocycles. The Morgan fingerprint density at radius 1 is 0.310 bits per heavy atom. The van der Waals surface area contributed by atoms with E-state index >= 15 is 0 Å². The van der Waals surface area contributed by atoms with Crippen LogP contribution in [-0.4, -0.2) is 54.4 Å². The van der Waals surface area contributed by atoms with Gasteiger partial charge in [0, 0.05) is 80.1 Å². The van der Waals surface area contributed by atoms with Crippen LogP contribution in [0.1, 0.15) is 11.1 Å². The van der Waals surface area contributed by atoms with Crippen molar-refractivity contribution in [3.05, 3.63) is 212 Å². The second kappa shape index (κ2) is 18.0. The lowest BCUT2D eigenvalue weighted by Crippen LogP contribution is -2.02. The van der Waals surface area contributed by atoms with E-state index in [0.29, 0.717) is 68.8 Å². The van der Waals surface area contributed by atoms with Gasteiger partial charge in [0.1, 0.15) is 12.1 Å². The molecule has 13 heteroatoms. The molecule has 0 atom stereocenters. The molecule has 0 bridgehead atoms. The van der Waals surface area contributed by atoms with E-state index in [0.717, 1.165) is 60.9 Å². The summed E-state index contributed by atoms with van der Waals surface area (Å²) in [6, 6.07) is 62.1. The van der Waals surface area contributed by atoms with Crippen LogP contribution in [0, 0.1) is 22.7 Å². The average Bonchev–Trinajstić information content (AvgIpc) is 3.78. The van der Waals surface area contributed by atoms with Gasteiger partial charge in [-0.3, -0.25) is 0 Å². The average molecular weight is 912 g/mol. The molecule has 0 fully saturated rings. The molecule has 0 radical (unpaired) electrons. The summed E-state index contributed by atoms with van der Waals surface area (Å²) in [4.78, 5) is 48.6. The first-order valence-corrected chi connectivity index (χ1v) is 22.5. The van der Waals surface area contributed by atoms with Gasteiger partial charge < -0.3 is 4.57 Å². The molecule has 0 amide bonds. The Morgan fingerprint density at radius 2 is 0.634 bits per heavy atom. The summed E-state index contributed by atoms with van der Waals surface area (Å²) in [6.45, 7) is 0. The highest BCUT2D eigenvalue weighted by molar-refractivity contribution is 6.12. The van der Waals surface area contributed by atoms with Crippen LogP contribution in [-0.2, 0) is 0 Å². The van der Waals surface area contributed by atoms with Crippen molar-refractivity contribution in [3.63, 3.8) is 0 Å². The third kappa shape index (κ3) is 8.03. The lowest BCUT2D eigenvalue weighted by Gasteiger charge is -2.15. The van der Waals surface area contributed by atoms with Gasteiger partial charge >= 0.3 is 0 Å². The molecule has 12 rings (SSSR count).